The number of hydrogen-bond donors (Lipinski definition) is 1. The average molecular weight is 319 g/mol. The molecule has 1 aromatic rings. The maximum atomic E-state index is 13.3. The first-order valence-electron chi connectivity index (χ1n) is 7.64. The molecule has 0 unspecified atom stereocenters. The summed E-state index contributed by atoms with van der Waals surface area (Å²) in [4.78, 5) is 19.2. The van der Waals surface area contributed by atoms with Gasteiger partial charge in [-0.05, 0) is 26.0 Å². The number of halogens is 1. The van der Waals surface area contributed by atoms with Gasteiger partial charge in [0.05, 0.1) is 12.3 Å². The second-order valence-electron chi connectivity index (χ2n) is 5.78. The normalized spacial score (nSPS) is 16.7. The zero-order chi connectivity index (χ0) is 16.8. The highest BCUT2D eigenvalue weighted by atomic mass is 19.1. The van der Waals surface area contributed by atoms with E-state index in [0.29, 0.717) is 30.8 Å². The highest BCUT2D eigenvalue weighted by molar-refractivity contribution is 6.01. The van der Waals surface area contributed by atoms with Gasteiger partial charge in [0, 0.05) is 24.6 Å². The predicted octanol–water partition coefficient (Wildman–Crippen LogP) is 2.92. The Hall–Kier alpha value is -2.37. The van der Waals surface area contributed by atoms with E-state index < -0.39 is 0 Å². The van der Waals surface area contributed by atoms with Crippen molar-refractivity contribution in [1.82, 2.24) is 10.2 Å². The van der Waals surface area contributed by atoms with E-state index in [9.17, 15) is 9.18 Å². The number of nitrogens with one attached hydrogen (secondary N) is 1. The van der Waals surface area contributed by atoms with E-state index in [1.54, 1.807) is 23.1 Å². The molecular formula is C17H22FN3O2. The van der Waals surface area contributed by atoms with Gasteiger partial charge >= 0.3 is 6.03 Å². The smallest absolute Gasteiger partial charge is 0.318 e. The number of hydrogen-bond acceptors (Lipinski definition) is 3. The van der Waals surface area contributed by atoms with E-state index in [2.05, 4.69) is 17.1 Å². The van der Waals surface area contributed by atoms with E-state index in [1.165, 1.54) is 12.1 Å². The fourth-order valence-electron chi connectivity index (χ4n) is 2.35. The molecule has 124 valence electrons. The van der Waals surface area contributed by atoms with Gasteiger partial charge in [-0.25, -0.2) is 9.18 Å². The summed E-state index contributed by atoms with van der Waals surface area (Å²) < 4.78 is 13.3. The van der Waals surface area contributed by atoms with Crippen molar-refractivity contribution in [2.75, 3.05) is 13.1 Å². The van der Waals surface area contributed by atoms with Crippen molar-refractivity contribution in [2.24, 2.45) is 5.16 Å². The summed E-state index contributed by atoms with van der Waals surface area (Å²) in [5, 5.41) is 6.88. The molecule has 0 spiro atoms. The van der Waals surface area contributed by atoms with Crippen molar-refractivity contribution in [3.05, 3.63) is 48.3 Å². The third kappa shape index (κ3) is 4.81. The van der Waals surface area contributed by atoms with E-state index in [-0.39, 0.29) is 24.0 Å². The van der Waals surface area contributed by atoms with Crippen LogP contribution in [0.25, 0.3) is 0 Å². The Morgan fingerprint density at radius 2 is 2.39 bits per heavy atom. The highest BCUT2D eigenvalue weighted by Gasteiger charge is 2.26. The lowest BCUT2D eigenvalue weighted by Gasteiger charge is -2.24. The van der Waals surface area contributed by atoms with Gasteiger partial charge in [0.25, 0.3) is 0 Å². The van der Waals surface area contributed by atoms with Crippen molar-refractivity contribution in [3.63, 3.8) is 0 Å². The third-order valence-electron chi connectivity index (χ3n) is 3.36. The van der Waals surface area contributed by atoms with Gasteiger partial charge in [-0.3, -0.25) is 0 Å². The second kappa shape index (κ2) is 7.76. The highest BCUT2D eigenvalue weighted by Crippen LogP contribution is 2.18. The number of rotatable bonds is 6. The van der Waals surface area contributed by atoms with Gasteiger partial charge in [0.1, 0.15) is 5.82 Å². The summed E-state index contributed by atoms with van der Waals surface area (Å²) in [6.45, 7) is 8.30. The largest absolute Gasteiger partial charge is 0.390 e. The Morgan fingerprint density at radius 1 is 1.61 bits per heavy atom. The zero-order valence-electron chi connectivity index (χ0n) is 13.5. The number of benzene rings is 1. The van der Waals surface area contributed by atoms with Crippen molar-refractivity contribution < 1.29 is 14.0 Å². The van der Waals surface area contributed by atoms with Gasteiger partial charge in [-0.1, -0.05) is 23.4 Å². The molecule has 0 fully saturated rings. The molecule has 23 heavy (non-hydrogen) atoms. The van der Waals surface area contributed by atoms with Crippen LogP contribution in [0.15, 0.2) is 42.1 Å². The number of oxime groups is 1. The van der Waals surface area contributed by atoms with Crippen LogP contribution in [-0.4, -0.2) is 41.9 Å². The van der Waals surface area contributed by atoms with Crippen LogP contribution in [-0.2, 0) is 4.84 Å². The molecule has 0 saturated heterocycles. The van der Waals surface area contributed by atoms with Gasteiger partial charge in [0.2, 0.25) is 0 Å². The van der Waals surface area contributed by atoms with Crippen LogP contribution < -0.4 is 5.32 Å². The maximum absolute atomic E-state index is 13.3. The molecule has 0 bridgehead atoms. The van der Waals surface area contributed by atoms with Crippen LogP contribution in [0.2, 0.25) is 0 Å². The minimum atomic E-state index is -0.307. The van der Waals surface area contributed by atoms with Crippen molar-refractivity contribution in [2.45, 2.75) is 32.4 Å². The summed E-state index contributed by atoms with van der Waals surface area (Å²) in [6, 6.07) is 6.14. The van der Waals surface area contributed by atoms with Crippen molar-refractivity contribution >= 4 is 11.7 Å². The summed E-state index contributed by atoms with van der Waals surface area (Å²) >= 11 is 0. The summed E-state index contributed by atoms with van der Waals surface area (Å²) in [7, 11) is 0. The van der Waals surface area contributed by atoms with Crippen molar-refractivity contribution in [1.29, 1.82) is 0 Å². The minimum absolute atomic E-state index is 0.0541. The Bertz CT molecular complexity index is 601. The minimum Gasteiger partial charge on any atom is -0.390 e. The molecule has 0 aromatic heterocycles. The van der Waals surface area contributed by atoms with Gasteiger partial charge < -0.3 is 15.1 Å². The second-order valence-corrected chi connectivity index (χ2v) is 5.78. The SMILES string of the molecule is C=CCN(C[C@H]1CC(c2cccc(F)c2)=NO1)C(=O)NC(C)C. The first kappa shape index (κ1) is 17.0. The number of carbonyl (C=O) groups excluding carboxylic acids is 1. The van der Waals surface area contributed by atoms with Crippen LogP contribution >= 0.6 is 0 Å². The quantitative estimate of drug-likeness (QED) is 0.820. The predicted molar refractivity (Wildman–Crippen MR) is 87.9 cm³/mol. The van der Waals surface area contributed by atoms with E-state index >= 15 is 0 Å². The number of urea groups is 1. The monoisotopic (exact) mass is 319 g/mol. The number of nitrogens with zero attached hydrogens (tertiary/aromatic N) is 2. The van der Waals surface area contributed by atoms with Crippen LogP contribution in [0.5, 0.6) is 0 Å². The van der Waals surface area contributed by atoms with E-state index in [1.807, 2.05) is 13.8 Å². The Labute approximate surface area is 135 Å². The molecule has 1 atom stereocenters. The molecule has 2 rings (SSSR count). The molecule has 1 N–H and O–H groups in total. The van der Waals surface area contributed by atoms with Gasteiger partial charge in [-0.15, -0.1) is 6.58 Å². The molecule has 1 aromatic carbocycles. The molecule has 1 aliphatic rings. The summed E-state index contributed by atoms with van der Waals surface area (Å²) in [5.41, 5.74) is 1.40. The molecule has 5 nitrogen and oxygen atoms in total. The lowest BCUT2D eigenvalue weighted by atomic mass is 10.0. The molecule has 0 saturated carbocycles. The first-order valence-corrected chi connectivity index (χ1v) is 7.64. The Morgan fingerprint density at radius 3 is 3.04 bits per heavy atom. The lowest BCUT2D eigenvalue weighted by Crippen LogP contribution is -2.46. The molecule has 1 aliphatic heterocycles. The summed E-state index contributed by atoms with van der Waals surface area (Å²) in [5.74, 6) is -0.307. The van der Waals surface area contributed by atoms with E-state index in [0.717, 1.165) is 0 Å². The Kier molecular flexibility index (Phi) is 5.73. The molecule has 0 aliphatic carbocycles. The topological polar surface area (TPSA) is 53.9 Å². The van der Waals surface area contributed by atoms with Crippen LogP contribution in [0.4, 0.5) is 9.18 Å². The van der Waals surface area contributed by atoms with E-state index in [4.69, 9.17) is 4.84 Å². The fourth-order valence-corrected chi connectivity index (χ4v) is 2.35. The van der Waals surface area contributed by atoms with Crippen molar-refractivity contribution in [3.8, 4) is 0 Å². The molecule has 0 radical (unpaired) electrons. The molecular weight excluding hydrogens is 297 g/mol. The standard InChI is InChI=1S/C17H22FN3O2/c1-4-8-21(17(22)19-12(2)3)11-15-10-16(20-23-15)13-6-5-7-14(18)9-13/h4-7,9,12,15H,1,8,10-11H2,2-3H3,(H,19,22)/t15-/m1/s1. The van der Waals surface area contributed by atoms with Crippen LogP contribution in [0, 0.1) is 5.82 Å². The Balaban J connectivity index is 1.96. The summed E-state index contributed by atoms with van der Waals surface area (Å²) in [6.07, 6.45) is 1.96. The first-order chi connectivity index (χ1) is 11.0. The van der Waals surface area contributed by atoms with Gasteiger partial charge in [-0.2, -0.15) is 0 Å². The number of amides is 2. The number of carbonyl (C=O) groups is 1. The molecule has 2 amide bonds. The van der Waals surface area contributed by atoms with Crippen LogP contribution in [0.1, 0.15) is 25.8 Å². The maximum Gasteiger partial charge on any atom is 0.318 e. The average Bonchev–Trinajstić information content (AvgIpc) is 2.95. The van der Waals surface area contributed by atoms with Crippen LogP contribution in [0.3, 0.4) is 0 Å². The zero-order valence-corrected chi connectivity index (χ0v) is 13.5. The fraction of sp³-hybridized carbons (Fsp3) is 0.412. The lowest BCUT2D eigenvalue weighted by molar-refractivity contribution is 0.0626. The van der Waals surface area contributed by atoms with Gasteiger partial charge in [0.15, 0.2) is 6.10 Å². The third-order valence-corrected chi connectivity index (χ3v) is 3.36. The molecule has 6 heteroatoms. The molecule has 1 heterocycles.